The summed E-state index contributed by atoms with van der Waals surface area (Å²) >= 11 is 0. The first-order valence-electron chi connectivity index (χ1n) is 7.36. The first-order valence-corrected chi connectivity index (χ1v) is 7.36. The van der Waals surface area contributed by atoms with Crippen LogP contribution < -0.4 is 15.1 Å². The van der Waals surface area contributed by atoms with Crippen LogP contribution in [0.3, 0.4) is 0 Å². The van der Waals surface area contributed by atoms with Crippen LogP contribution in [0.1, 0.15) is 15.9 Å². The van der Waals surface area contributed by atoms with Crippen LogP contribution in [0, 0.1) is 0 Å². The average Bonchev–Trinajstić information content (AvgIpc) is 3.06. The highest BCUT2D eigenvalue weighted by Gasteiger charge is 2.13. The summed E-state index contributed by atoms with van der Waals surface area (Å²) in [6, 6.07) is 14.0. The van der Waals surface area contributed by atoms with Crippen molar-refractivity contribution in [3.05, 3.63) is 76.2 Å². The van der Waals surface area contributed by atoms with Gasteiger partial charge in [0.05, 0.1) is 0 Å². The van der Waals surface area contributed by atoms with E-state index >= 15 is 0 Å². The van der Waals surface area contributed by atoms with E-state index in [2.05, 4.69) is 0 Å². The fourth-order valence-corrected chi connectivity index (χ4v) is 2.51. The van der Waals surface area contributed by atoms with Crippen molar-refractivity contribution < 1.29 is 18.7 Å². The maximum absolute atomic E-state index is 12.3. The smallest absolute Gasteiger partial charge is 0.347 e. The van der Waals surface area contributed by atoms with E-state index in [0.29, 0.717) is 22.5 Å². The average molecular weight is 320 g/mol. The zero-order chi connectivity index (χ0) is 16.5. The van der Waals surface area contributed by atoms with Gasteiger partial charge in [0.25, 0.3) is 0 Å². The molecule has 0 aliphatic carbocycles. The summed E-state index contributed by atoms with van der Waals surface area (Å²) < 4.78 is 15.7. The summed E-state index contributed by atoms with van der Waals surface area (Å²) in [5, 5.41) is 0.705. The minimum absolute atomic E-state index is 0.00527. The highest BCUT2D eigenvalue weighted by molar-refractivity contribution is 6.07. The number of para-hydroxylation sites is 1. The van der Waals surface area contributed by atoms with Crippen LogP contribution in [-0.2, 0) is 0 Å². The van der Waals surface area contributed by atoms with Crippen LogP contribution in [-0.4, -0.2) is 12.6 Å². The van der Waals surface area contributed by atoms with Crippen LogP contribution >= 0.6 is 0 Å². The third-order valence-electron chi connectivity index (χ3n) is 3.73. The summed E-state index contributed by atoms with van der Waals surface area (Å²) in [4.78, 5) is 24.3. The Balaban J connectivity index is 1.64. The molecule has 0 unspecified atom stereocenters. The molecule has 0 bridgehead atoms. The molecule has 0 spiro atoms. The van der Waals surface area contributed by atoms with Crippen LogP contribution in [0.15, 0.2) is 63.8 Å². The lowest BCUT2D eigenvalue weighted by Gasteiger charge is -1.99. The number of carbonyl (C=O) groups excluding carboxylic acids is 1. The van der Waals surface area contributed by atoms with Gasteiger partial charge in [0.1, 0.15) is 11.1 Å². The molecule has 5 nitrogen and oxygen atoms in total. The molecule has 1 aliphatic heterocycles. The highest BCUT2D eigenvalue weighted by Crippen LogP contribution is 2.32. The number of ether oxygens (including phenoxy) is 2. The van der Waals surface area contributed by atoms with Crippen LogP contribution in [0.4, 0.5) is 0 Å². The molecule has 3 aromatic rings. The Bertz CT molecular complexity index is 1030. The van der Waals surface area contributed by atoms with E-state index < -0.39 is 11.4 Å². The summed E-state index contributed by atoms with van der Waals surface area (Å²) in [7, 11) is 0. The largest absolute Gasteiger partial charge is 0.454 e. The normalized spacial score (nSPS) is 12.8. The molecule has 2 heterocycles. The van der Waals surface area contributed by atoms with Gasteiger partial charge in [0.15, 0.2) is 17.3 Å². The van der Waals surface area contributed by atoms with Gasteiger partial charge in [-0.3, -0.25) is 4.79 Å². The predicted molar refractivity (Wildman–Crippen MR) is 88.4 cm³/mol. The first-order chi connectivity index (χ1) is 11.7. The number of benzene rings is 2. The van der Waals surface area contributed by atoms with Crippen LogP contribution in [0.5, 0.6) is 11.5 Å². The highest BCUT2D eigenvalue weighted by atomic mass is 16.7. The van der Waals surface area contributed by atoms with Gasteiger partial charge in [-0.2, -0.15) is 0 Å². The molecule has 4 rings (SSSR count). The third-order valence-corrected chi connectivity index (χ3v) is 3.73. The predicted octanol–water partition coefficient (Wildman–Crippen LogP) is 3.42. The van der Waals surface area contributed by atoms with Crippen molar-refractivity contribution in [3.8, 4) is 11.5 Å². The van der Waals surface area contributed by atoms with E-state index in [-0.39, 0.29) is 12.4 Å². The van der Waals surface area contributed by atoms with Gasteiger partial charge in [-0.25, -0.2) is 4.79 Å². The van der Waals surface area contributed by atoms with Crippen molar-refractivity contribution in [2.24, 2.45) is 0 Å². The zero-order valence-corrected chi connectivity index (χ0v) is 12.5. The Morgan fingerprint density at radius 3 is 2.75 bits per heavy atom. The molecule has 0 radical (unpaired) electrons. The van der Waals surface area contributed by atoms with Crippen molar-refractivity contribution in [3.63, 3.8) is 0 Å². The Labute approximate surface area is 136 Å². The van der Waals surface area contributed by atoms with E-state index in [9.17, 15) is 9.59 Å². The maximum Gasteiger partial charge on any atom is 0.347 e. The number of rotatable bonds is 3. The van der Waals surface area contributed by atoms with Crippen LogP contribution in [0.25, 0.3) is 17.0 Å². The van der Waals surface area contributed by atoms with Gasteiger partial charge in [-0.1, -0.05) is 30.3 Å². The van der Waals surface area contributed by atoms with Gasteiger partial charge in [0.2, 0.25) is 6.79 Å². The molecule has 0 amide bonds. The Hall–Kier alpha value is -3.34. The maximum atomic E-state index is 12.3. The lowest BCUT2D eigenvalue weighted by molar-refractivity contribution is 0.104. The molecular formula is C19H12O5. The Morgan fingerprint density at radius 2 is 1.83 bits per heavy atom. The number of fused-ring (bicyclic) bond motifs is 2. The number of carbonyl (C=O) groups is 1. The summed E-state index contributed by atoms with van der Waals surface area (Å²) in [6.45, 7) is 0.194. The molecule has 0 N–H and O–H groups in total. The minimum Gasteiger partial charge on any atom is -0.454 e. The minimum atomic E-state index is -0.644. The number of ketones is 1. The van der Waals surface area contributed by atoms with E-state index in [1.807, 2.05) is 6.07 Å². The SMILES string of the molecule is O=C(C=Cc1ccc2c(c1)OCO2)c1cc2ccccc2oc1=O. The topological polar surface area (TPSA) is 65.7 Å². The van der Waals surface area contributed by atoms with Crippen molar-refractivity contribution >= 4 is 22.8 Å². The van der Waals surface area contributed by atoms with Gasteiger partial charge in [-0.05, 0) is 35.9 Å². The molecule has 1 aromatic heterocycles. The molecule has 118 valence electrons. The van der Waals surface area contributed by atoms with Gasteiger partial charge >= 0.3 is 5.63 Å². The second-order valence-electron chi connectivity index (χ2n) is 5.30. The third kappa shape index (κ3) is 2.56. The number of allylic oxidation sites excluding steroid dienone is 1. The quantitative estimate of drug-likeness (QED) is 0.420. The molecule has 2 aromatic carbocycles. The molecule has 0 saturated heterocycles. The molecule has 5 heteroatoms. The molecule has 1 aliphatic rings. The van der Waals surface area contributed by atoms with Gasteiger partial charge in [0, 0.05) is 5.39 Å². The summed E-state index contributed by atoms with van der Waals surface area (Å²) in [6.07, 6.45) is 2.97. The summed E-state index contributed by atoms with van der Waals surface area (Å²) in [5.74, 6) is 0.899. The van der Waals surface area contributed by atoms with Crippen LogP contribution in [0.2, 0.25) is 0 Å². The fourth-order valence-electron chi connectivity index (χ4n) is 2.51. The van der Waals surface area contributed by atoms with E-state index in [0.717, 1.165) is 5.56 Å². The standard InChI is InChI=1S/C19H12O5/c20-15(7-5-12-6-8-17-18(9-12)23-11-22-17)14-10-13-3-1-2-4-16(13)24-19(14)21/h1-10H,11H2. The lowest BCUT2D eigenvalue weighted by atomic mass is 10.1. The first kappa shape index (κ1) is 14.3. The van der Waals surface area contributed by atoms with Crippen molar-refractivity contribution in [2.45, 2.75) is 0 Å². The van der Waals surface area contributed by atoms with Gasteiger partial charge in [-0.15, -0.1) is 0 Å². The Morgan fingerprint density at radius 1 is 1.00 bits per heavy atom. The van der Waals surface area contributed by atoms with E-state index in [4.69, 9.17) is 13.9 Å². The fraction of sp³-hybridized carbons (Fsp3) is 0.0526. The number of hydrogen-bond donors (Lipinski definition) is 0. The molecule has 0 fully saturated rings. The van der Waals surface area contributed by atoms with Crippen molar-refractivity contribution in [2.75, 3.05) is 6.79 Å². The van der Waals surface area contributed by atoms with Gasteiger partial charge < -0.3 is 13.9 Å². The molecular weight excluding hydrogens is 308 g/mol. The Kier molecular flexibility index (Phi) is 3.39. The second-order valence-corrected chi connectivity index (χ2v) is 5.30. The molecule has 24 heavy (non-hydrogen) atoms. The summed E-state index contributed by atoms with van der Waals surface area (Å²) in [5.41, 5.74) is 0.594. The van der Waals surface area contributed by atoms with E-state index in [1.54, 1.807) is 48.5 Å². The monoisotopic (exact) mass is 320 g/mol. The van der Waals surface area contributed by atoms with Crippen molar-refractivity contribution in [1.82, 2.24) is 0 Å². The van der Waals surface area contributed by atoms with Crippen molar-refractivity contribution in [1.29, 1.82) is 0 Å². The molecule has 0 atom stereocenters. The van der Waals surface area contributed by atoms with E-state index in [1.165, 1.54) is 6.08 Å². The molecule has 0 saturated carbocycles. The number of hydrogen-bond acceptors (Lipinski definition) is 5. The lowest BCUT2D eigenvalue weighted by Crippen LogP contribution is -2.11. The second kappa shape index (κ2) is 5.70. The zero-order valence-electron chi connectivity index (χ0n) is 12.5.